The van der Waals surface area contributed by atoms with E-state index in [-0.39, 0.29) is 12.4 Å². The van der Waals surface area contributed by atoms with Crippen molar-refractivity contribution in [3.05, 3.63) is 78.4 Å². The number of nitrogen functional groups attached to an aromatic ring is 1. The molecule has 1 heterocycles. The Labute approximate surface area is 183 Å². The lowest BCUT2D eigenvalue weighted by atomic mass is 10.1. The minimum atomic E-state index is 0. The minimum absolute atomic E-state index is 0. The molecule has 1 fully saturated rings. The van der Waals surface area contributed by atoms with E-state index in [2.05, 4.69) is 34.9 Å². The van der Waals surface area contributed by atoms with Gasteiger partial charge in [-0.25, -0.2) is 4.98 Å². The molecule has 4 aromatic rings. The van der Waals surface area contributed by atoms with Gasteiger partial charge < -0.3 is 15.0 Å². The van der Waals surface area contributed by atoms with Crippen LogP contribution in [0.4, 0.5) is 5.69 Å². The van der Waals surface area contributed by atoms with Gasteiger partial charge in [-0.2, -0.15) is 0 Å². The van der Waals surface area contributed by atoms with Crippen LogP contribution in [0.1, 0.15) is 37.3 Å². The zero-order valence-corrected chi connectivity index (χ0v) is 17.6. The van der Waals surface area contributed by atoms with Crippen LogP contribution < -0.4 is 10.5 Å². The second-order valence-corrected chi connectivity index (χ2v) is 7.79. The lowest BCUT2D eigenvalue weighted by molar-refractivity contribution is 0.306. The van der Waals surface area contributed by atoms with E-state index in [1.165, 1.54) is 31.2 Å². The van der Waals surface area contributed by atoms with Crippen LogP contribution in [0, 0.1) is 0 Å². The second kappa shape index (κ2) is 8.80. The van der Waals surface area contributed by atoms with Gasteiger partial charge in [-0.05, 0) is 60.9 Å². The number of ether oxygens (including phenoxy) is 1. The number of hydrogen-bond donors (Lipinski definition) is 1. The quantitative estimate of drug-likeness (QED) is 0.380. The van der Waals surface area contributed by atoms with Crippen molar-refractivity contribution in [1.29, 1.82) is 0 Å². The number of halogens is 1. The first-order valence-electron chi connectivity index (χ1n) is 10.3. The summed E-state index contributed by atoms with van der Waals surface area (Å²) in [6, 6.07) is 25.1. The fourth-order valence-electron chi connectivity index (χ4n) is 4.29. The van der Waals surface area contributed by atoms with Crippen LogP contribution in [-0.2, 0) is 6.61 Å². The van der Waals surface area contributed by atoms with Gasteiger partial charge in [0.05, 0.1) is 11.0 Å². The maximum absolute atomic E-state index is 6.01. The molecular formula is C25H26ClN3O. The van der Waals surface area contributed by atoms with Gasteiger partial charge in [0.25, 0.3) is 0 Å². The van der Waals surface area contributed by atoms with Gasteiger partial charge in [-0.15, -0.1) is 12.4 Å². The van der Waals surface area contributed by atoms with Crippen molar-refractivity contribution in [2.24, 2.45) is 0 Å². The summed E-state index contributed by atoms with van der Waals surface area (Å²) in [5, 5.41) is 0. The van der Waals surface area contributed by atoms with Crippen LogP contribution >= 0.6 is 12.4 Å². The number of nitrogens with two attached hydrogens (primary N) is 1. The molecule has 0 saturated heterocycles. The predicted molar refractivity (Wildman–Crippen MR) is 125 cm³/mol. The third kappa shape index (κ3) is 4.01. The normalized spacial score (nSPS) is 14.0. The highest BCUT2D eigenvalue weighted by Gasteiger charge is 2.23. The third-order valence-corrected chi connectivity index (χ3v) is 5.76. The van der Waals surface area contributed by atoms with Gasteiger partial charge in [0, 0.05) is 17.3 Å². The van der Waals surface area contributed by atoms with Gasteiger partial charge in [0.1, 0.15) is 18.2 Å². The standard InChI is InChI=1S/C25H25N3O.ClH/c26-20-12-15-24-23(16-20)27-25(28(24)21-8-4-5-9-21)19-10-13-22(14-11-19)29-17-18-6-2-1-3-7-18;/h1-3,6-7,10-16,21H,4-5,8-9,17,26H2;1H. The van der Waals surface area contributed by atoms with E-state index < -0.39 is 0 Å². The van der Waals surface area contributed by atoms with E-state index in [1.54, 1.807) is 0 Å². The number of aromatic nitrogens is 2. The van der Waals surface area contributed by atoms with Crippen LogP contribution in [0.25, 0.3) is 22.4 Å². The molecular weight excluding hydrogens is 394 g/mol. The highest BCUT2D eigenvalue weighted by molar-refractivity contribution is 5.85. The topological polar surface area (TPSA) is 53.1 Å². The molecule has 0 unspecified atom stereocenters. The van der Waals surface area contributed by atoms with Crippen molar-refractivity contribution < 1.29 is 4.74 Å². The number of hydrogen-bond acceptors (Lipinski definition) is 3. The Morgan fingerprint density at radius 3 is 2.40 bits per heavy atom. The van der Waals surface area contributed by atoms with Gasteiger partial charge in [0.2, 0.25) is 0 Å². The number of fused-ring (bicyclic) bond motifs is 1. The Morgan fingerprint density at radius 2 is 1.67 bits per heavy atom. The fourth-order valence-corrected chi connectivity index (χ4v) is 4.29. The summed E-state index contributed by atoms with van der Waals surface area (Å²) in [7, 11) is 0. The van der Waals surface area contributed by atoms with Gasteiger partial charge >= 0.3 is 0 Å². The third-order valence-electron chi connectivity index (χ3n) is 5.76. The number of anilines is 1. The molecule has 3 aromatic carbocycles. The minimum Gasteiger partial charge on any atom is -0.489 e. The molecule has 1 aromatic heterocycles. The molecule has 0 amide bonds. The number of rotatable bonds is 5. The Hall–Kier alpha value is -2.98. The molecule has 0 bridgehead atoms. The number of nitrogens with zero attached hydrogens (tertiary/aromatic N) is 2. The molecule has 0 atom stereocenters. The average molecular weight is 420 g/mol. The van der Waals surface area contributed by atoms with Gasteiger partial charge in [-0.1, -0.05) is 43.2 Å². The first-order chi connectivity index (χ1) is 14.3. The maximum atomic E-state index is 6.01. The highest BCUT2D eigenvalue weighted by Crippen LogP contribution is 2.37. The Balaban J connectivity index is 0.00000218. The summed E-state index contributed by atoms with van der Waals surface area (Å²) in [5.74, 6) is 1.89. The van der Waals surface area contributed by atoms with Crippen molar-refractivity contribution in [3.63, 3.8) is 0 Å². The van der Waals surface area contributed by atoms with Gasteiger partial charge in [-0.3, -0.25) is 0 Å². The molecule has 1 aliphatic rings. The summed E-state index contributed by atoms with van der Waals surface area (Å²) >= 11 is 0. The van der Waals surface area contributed by atoms with E-state index in [4.69, 9.17) is 15.5 Å². The van der Waals surface area contributed by atoms with Crippen molar-refractivity contribution in [1.82, 2.24) is 9.55 Å². The Morgan fingerprint density at radius 1 is 0.933 bits per heavy atom. The van der Waals surface area contributed by atoms with Crippen LogP contribution in [0.5, 0.6) is 5.75 Å². The van der Waals surface area contributed by atoms with E-state index in [0.29, 0.717) is 12.6 Å². The molecule has 30 heavy (non-hydrogen) atoms. The fraction of sp³-hybridized carbons (Fsp3) is 0.240. The largest absolute Gasteiger partial charge is 0.489 e. The summed E-state index contributed by atoms with van der Waals surface area (Å²) in [6.45, 7) is 0.569. The summed E-state index contributed by atoms with van der Waals surface area (Å²) in [5.41, 5.74) is 11.2. The monoisotopic (exact) mass is 419 g/mol. The van der Waals surface area contributed by atoms with Crippen LogP contribution in [0.3, 0.4) is 0 Å². The number of imidazole rings is 1. The predicted octanol–water partition coefficient (Wildman–Crippen LogP) is 6.40. The van der Waals surface area contributed by atoms with E-state index in [0.717, 1.165) is 33.9 Å². The SMILES string of the molecule is Cl.Nc1ccc2c(c1)nc(-c1ccc(OCc3ccccc3)cc1)n2C1CCCC1. The van der Waals surface area contributed by atoms with Crippen molar-refractivity contribution in [3.8, 4) is 17.1 Å². The summed E-state index contributed by atoms with van der Waals surface area (Å²) in [6.07, 6.45) is 4.98. The Bertz CT molecular complexity index is 1120. The molecule has 5 heteroatoms. The van der Waals surface area contributed by atoms with Crippen molar-refractivity contribution in [2.75, 3.05) is 5.73 Å². The lowest BCUT2D eigenvalue weighted by Crippen LogP contribution is -2.06. The smallest absolute Gasteiger partial charge is 0.141 e. The second-order valence-electron chi connectivity index (χ2n) is 7.79. The molecule has 4 nitrogen and oxygen atoms in total. The van der Waals surface area contributed by atoms with Gasteiger partial charge in [0.15, 0.2) is 0 Å². The van der Waals surface area contributed by atoms with E-state index in [9.17, 15) is 0 Å². The van der Waals surface area contributed by atoms with E-state index >= 15 is 0 Å². The summed E-state index contributed by atoms with van der Waals surface area (Å²) < 4.78 is 8.36. The Kier molecular flexibility index (Phi) is 5.96. The molecule has 5 rings (SSSR count). The lowest BCUT2D eigenvalue weighted by Gasteiger charge is -2.17. The first kappa shape index (κ1) is 20.3. The summed E-state index contributed by atoms with van der Waals surface area (Å²) in [4.78, 5) is 4.95. The van der Waals surface area contributed by atoms with Crippen molar-refractivity contribution in [2.45, 2.75) is 38.3 Å². The van der Waals surface area contributed by atoms with Crippen LogP contribution in [0.2, 0.25) is 0 Å². The molecule has 0 spiro atoms. The zero-order valence-electron chi connectivity index (χ0n) is 16.8. The van der Waals surface area contributed by atoms with E-state index in [1.807, 2.05) is 42.5 Å². The number of benzene rings is 3. The molecule has 1 saturated carbocycles. The van der Waals surface area contributed by atoms with Crippen LogP contribution in [-0.4, -0.2) is 9.55 Å². The van der Waals surface area contributed by atoms with Crippen molar-refractivity contribution >= 4 is 29.1 Å². The van der Waals surface area contributed by atoms with Crippen LogP contribution in [0.15, 0.2) is 72.8 Å². The maximum Gasteiger partial charge on any atom is 0.141 e. The first-order valence-corrected chi connectivity index (χ1v) is 10.3. The molecule has 2 N–H and O–H groups in total. The molecule has 154 valence electrons. The zero-order chi connectivity index (χ0) is 19.6. The molecule has 0 aliphatic heterocycles. The average Bonchev–Trinajstić information content (AvgIpc) is 3.40. The molecule has 1 aliphatic carbocycles. The molecule has 0 radical (unpaired) electrons. The highest BCUT2D eigenvalue weighted by atomic mass is 35.5.